The molecule has 0 aliphatic carbocycles. The first-order chi connectivity index (χ1) is 8.88. The molecule has 106 valence electrons. The maximum Gasteiger partial charge on any atom is 0.287 e. The van der Waals surface area contributed by atoms with Gasteiger partial charge in [-0.15, -0.1) is 0 Å². The Bertz CT molecular complexity index is 542. The van der Waals surface area contributed by atoms with Crippen molar-refractivity contribution >= 4 is 15.5 Å². The molecule has 1 rings (SSSR count). The Morgan fingerprint density at radius 3 is 2.58 bits per heavy atom. The lowest BCUT2D eigenvalue weighted by Gasteiger charge is -2.10. The van der Waals surface area contributed by atoms with E-state index < -0.39 is 14.8 Å². The van der Waals surface area contributed by atoms with E-state index in [0.717, 1.165) is 0 Å². The van der Waals surface area contributed by atoms with Gasteiger partial charge in [-0.1, -0.05) is 12.1 Å². The van der Waals surface area contributed by atoms with Gasteiger partial charge < -0.3 is 5.32 Å². The van der Waals surface area contributed by atoms with Crippen molar-refractivity contribution in [3.63, 3.8) is 0 Å². The Balaban J connectivity index is 2.86. The third-order valence-corrected chi connectivity index (χ3v) is 4.78. The molecule has 1 atom stereocenters. The van der Waals surface area contributed by atoms with Crippen LogP contribution in [0.3, 0.4) is 0 Å². The molecule has 0 fully saturated rings. The zero-order valence-corrected chi connectivity index (χ0v) is 11.8. The van der Waals surface area contributed by atoms with Crippen LogP contribution in [0.15, 0.2) is 29.2 Å². The topological polar surface area (TPSA) is 89.3 Å². The first-order valence-corrected chi connectivity index (χ1v) is 7.67. The lowest BCUT2D eigenvalue weighted by atomic mass is 10.2. The molecule has 0 bridgehead atoms. The number of hydrogen-bond donors (Lipinski definition) is 1. The molecular formula is C12H18N2O4S. The summed E-state index contributed by atoms with van der Waals surface area (Å²) in [6, 6.07) is 5.68. The van der Waals surface area contributed by atoms with Crippen molar-refractivity contribution in [2.24, 2.45) is 0 Å². The Morgan fingerprint density at radius 1 is 1.37 bits per heavy atom. The van der Waals surface area contributed by atoms with Gasteiger partial charge in [0.2, 0.25) is 0 Å². The van der Waals surface area contributed by atoms with Crippen molar-refractivity contribution in [2.75, 3.05) is 12.8 Å². The fraction of sp³-hybridized carbons (Fsp3) is 0.500. The molecular weight excluding hydrogens is 268 g/mol. The fourth-order valence-corrected chi connectivity index (χ4v) is 3.22. The normalized spacial score (nSPS) is 13.2. The summed E-state index contributed by atoms with van der Waals surface area (Å²) in [6.45, 7) is 1.96. The second-order valence-corrected chi connectivity index (χ2v) is 6.45. The van der Waals surface area contributed by atoms with E-state index in [0.29, 0.717) is 12.8 Å². The number of para-hydroxylation sites is 1. The highest BCUT2D eigenvalue weighted by Crippen LogP contribution is 2.24. The third-order valence-electron chi connectivity index (χ3n) is 2.94. The van der Waals surface area contributed by atoms with Crippen LogP contribution >= 0.6 is 0 Å². The second kappa shape index (κ2) is 6.63. The zero-order valence-electron chi connectivity index (χ0n) is 11.0. The molecule has 1 unspecified atom stereocenters. The Labute approximate surface area is 112 Å². The van der Waals surface area contributed by atoms with Gasteiger partial charge in [-0.3, -0.25) is 10.1 Å². The van der Waals surface area contributed by atoms with Crippen LogP contribution in [-0.2, 0) is 9.84 Å². The van der Waals surface area contributed by atoms with Crippen molar-refractivity contribution in [1.29, 1.82) is 0 Å². The average molecular weight is 286 g/mol. The first kappa shape index (κ1) is 15.6. The summed E-state index contributed by atoms with van der Waals surface area (Å²) < 4.78 is 24.2. The molecule has 19 heavy (non-hydrogen) atoms. The minimum atomic E-state index is -3.61. The molecule has 0 aromatic heterocycles. The molecule has 0 aliphatic heterocycles. The molecule has 0 heterocycles. The van der Waals surface area contributed by atoms with E-state index in [1.807, 2.05) is 6.92 Å². The highest BCUT2D eigenvalue weighted by atomic mass is 32.2. The fourth-order valence-electron chi connectivity index (χ4n) is 1.70. The molecule has 6 nitrogen and oxygen atoms in total. The number of sulfone groups is 1. The maximum absolute atomic E-state index is 12.1. The molecule has 0 saturated heterocycles. The molecule has 0 radical (unpaired) electrons. The number of nitro benzene ring substituents is 1. The van der Waals surface area contributed by atoms with Gasteiger partial charge in [-0.2, -0.15) is 0 Å². The Kier molecular flexibility index (Phi) is 5.44. The van der Waals surface area contributed by atoms with Crippen LogP contribution in [0.1, 0.15) is 19.8 Å². The average Bonchev–Trinajstić information content (AvgIpc) is 2.38. The maximum atomic E-state index is 12.1. The highest BCUT2D eigenvalue weighted by Gasteiger charge is 2.24. The molecule has 0 saturated carbocycles. The van der Waals surface area contributed by atoms with Crippen molar-refractivity contribution in [2.45, 2.75) is 30.7 Å². The lowest BCUT2D eigenvalue weighted by molar-refractivity contribution is -0.387. The van der Waals surface area contributed by atoms with Crippen LogP contribution in [0, 0.1) is 10.1 Å². The smallest absolute Gasteiger partial charge is 0.287 e. The van der Waals surface area contributed by atoms with E-state index in [2.05, 4.69) is 5.32 Å². The molecule has 1 N–H and O–H groups in total. The number of benzene rings is 1. The molecule has 0 aliphatic rings. The number of nitrogens with one attached hydrogen (secondary N) is 1. The van der Waals surface area contributed by atoms with E-state index in [-0.39, 0.29) is 22.4 Å². The van der Waals surface area contributed by atoms with Crippen molar-refractivity contribution in [3.8, 4) is 0 Å². The lowest BCUT2D eigenvalue weighted by Crippen LogP contribution is -2.22. The summed E-state index contributed by atoms with van der Waals surface area (Å²) >= 11 is 0. The summed E-state index contributed by atoms with van der Waals surface area (Å²) in [6.07, 6.45) is 1.17. The molecule has 0 spiro atoms. The van der Waals surface area contributed by atoms with Crippen molar-refractivity contribution < 1.29 is 13.3 Å². The van der Waals surface area contributed by atoms with Crippen LogP contribution in [0.5, 0.6) is 0 Å². The Hall–Kier alpha value is -1.47. The van der Waals surface area contributed by atoms with Crippen molar-refractivity contribution in [3.05, 3.63) is 34.4 Å². The van der Waals surface area contributed by atoms with E-state index in [9.17, 15) is 18.5 Å². The third kappa shape index (κ3) is 4.29. The largest absolute Gasteiger partial charge is 0.317 e. The first-order valence-electron chi connectivity index (χ1n) is 6.02. The summed E-state index contributed by atoms with van der Waals surface area (Å²) in [5, 5.41) is 13.8. The number of nitrogens with zero attached hydrogens (tertiary/aromatic N) is 1. The minimum absolute atomic E-state index is 0.0795. The van der Waals surface area contributed by atoms with Gasteiger partial charge in [-0.05, 0) is 32.9 Å². The molecule has 0 amide bonds. The van der Waals surface area contributed by atoms with Gasteiger partial charge in [0.15, 0.2) is 9.84 Å². The van der Waals surface area contributed by atoms with Gasteiger partial charge in [0.25, 0.3) is 5.69 Å². The molecule has 7 heteroatoms. The monoisotopic (exact) mass is 286 g/mol. The minimum Gasteiger partial charge on any atom is -0.317 e. The zero-order chi connectivity index (χ0) is 14.5. The standard InChI is InChI=1S/C12H18N2O4S/c1-10(13-2)6-5-9-19(17,18)12-8-4-3-7-11(12)14(15)16/h3-4,7-8,10,13H,5-6,9H2,1-2H3. The van der Waals surface area contributed by atoms with E-state index in [4.69, 9.17) is 0 Å². The van der Waals surface area contributed by atoms with Crippen LogP contribution in [-0.4, -0.2) is 32.2 Å². The van der Waals surface area contributed by atoms with Crippen LogP contribution in [0.2, 0.25) is 0 Å². The molecule has 1 aromatic carbocycles. The van der Waals surface area contributed by atoms with Crippen LogP contribution in [0.25, 0.3) is 0 Å². The highest BCUT2D eigenvalue weighted by molar-refractivity contribution is 7.91. The van der Waals surface area contributed by atoms with Crippen molar-refractivity contribution in [1.82, 2.24) is 5.32 Å². The van der Waals surface area contributed by atoms with Gasteiger partial charge in [0.05, 0.1) is 10.7 Å². The van der Waals surface area contributed by atoms with Gasteiger partial charge in [-0.25, -0.2) is 8.42 Å². The van der Waals surface area contributed by atoms with Gasteiger partial charge in [0.1, 0.15) is 4.90 Å². The summed E-state index contributed by atoms with van der Waals surface area (Å²) in [5.74, 6) is -0.0795. The van der Waals surface area contributed by atoms with Gasteiger partial charge >= 0.3 is 0 Å². The summed E-state index contributed by atoms with van der Waals surface area (Å²) in [7, 11) is -1.80. The quantitative estimate of drug-likeness (QED) is 0.609. The number of hydrogen-bond acceptors (Lipinski definition) is 5. The SMILES string of the molecule is CNC(C)CCCS(=O)(=O)c1ccccc1[N+](=O)[O-]. The predicted molar refractivity (Wildman–Crippen MR) is 72.9 cm³/mol. The van der Waals surface area contributed by atoms with E-state index in [1.54, 1.807) is 7.05 Å². The number of rotatable bonds is 7. The van der Waals surface area contributed by atoms with Crippen LogP contribution < -0.4 is 5.32 Å². The van der Waals surface area contributed by atoms with E-state index >= 15 is 0 Å². The predicted octanol–water partition coefficient (Wildman–Crippen LogP) is 1.76. The summed E-state index contributed by atoms with van der Waals surface area (Å²) in [4.78, 5) is 9.97. The van der Waals surface area contributed by atoms with Gasteiger partial charge in [0, 0.05) is 12.1 Å². The second-order valence-electron chi connectivity index (χ2n) is 4.38. The summed E-state index contributed by atoms with van der Waals surface area (Å²) in [5.41, 5.74) is -0.357. The van der Waals surface area contributed by atoms with E-state index in [1.165, 1.54) is 24.3 Å². The van der Waals surface area contributed by atoms with Crippen LogP contribution in [0.4, 0.5) is 5.69 Å². The number of nitro groups is 1. The Morgan fingerprint density at radius 2 is 2.00 bits per heavy atom. The molecule has 1 aromatic rings.